The number of methoxy groups -OCH3 is 1. The third-order valence-electron chi connectivity index (χ3n) is 5.92. The third kappa shape index (κ3) is 4.86. The van der Waals surface area contributed by atoms with Gasteiger partial charge in [-0.1, -0.05) is 6.07 Å². The molecule has 0 radical (unpaired) electrons. The molecule has 1 aliphatic heterocycles. The highest BCUT2D eigenvalue weighted by molar-refractivity contribution is 5.95. The number of H-pyrrole nitrogens is 1. The van der Waals surface area contributed by atoms with Crippen LogP contribution in [0.2, 0.25) is 0 Å². The summed E-state index contributed by atoms with van der Waals surface area (Å²) in [6.45, 7) is 4.04. The van der Waals surface area contributed by atoms with Crippen molar-refractivity contribution in [1.29, 1.82) is 0 Å². The van der Waals surface area contributed by atoms with Crippen LogP contribution in [0, 0.1) is 0 Å². The average Bonchev–Trinajstić information content (AvgIpc) is 3.49. The highest BCUT2D eigenvalue weighted by atomic mass is 19.4. The van der Waals surface area contributed by atoms with Gasteiger partial charge in [0.25, 0.3) is 0 Å². The van der Waals surface area contributed by atoms with E-state index in [1.165, 1.54) is 0 Å². The maximum absolute atomic E-state index is 13.5. The number of benzene rings is 1. The number of aromatic nitrogens is 2. The van der Waals surface area contributed by atoms with E-state index in [4.69, 9.17) is 9.47 Å². The van der Waals surface area contributed by atoms with Gasteiger partial charge in [-0.25, -0.2) is 4.98 Å². The molecule has 0 atom stereocenters. The topological polar surface area (TPSA) is 74.4 Å². The zero-order valence-corrected chi connectivity index (χ0v) is 18.3. The van der Waals surface area contributed by atoms with Crippen molar-refractivity contribution in [1.82, 2.24) is 14.9 Å². The summed E-state index contributed by atoms with van der Waals surface area (Å²) in [6, 6.07) is 7.71. The number of pyridine rings is 1. The number of fused-ring (bicyclic) bond motifs is 1. The molecule has 33 heavy (non-hydrogen) atoms. The van der Waals surface area contributed by atoms with Crippen molar-refractivity contribution in [2.24, 2.45) is 0 Å². The van der Waals surface area contributed by atoms with Crippen LogP contribution in [0.3, 0.4) is 0 Å². The first-order chi connectivity index (χ1) is 15.9. The van der Waals surface area contributed by atoms with Gasteiger partial charge in [0.2, 0.25) is 0 Å². The van der Waals surface area contributed by atoms with Crippen LogP contribution in [0.5, 0.6) is 5.75 Å². The summed E-state index contributed by atoms with van der Waals surface area (Å²) in [5, 5.41) is 6.50. The van der Waals surface area contributed by atoms with Gasteiger partial charge in [-0.05, 0) is 30.5 Å². The number of nitrogens with one attached hydrogen (secondary N) is 3. The number of hydrogen-bond donors (Lipinski definition) is 3. The van der Waals surface area contributed by atoms with E-state index < -0.39 is 11.7 Å². The fraction of sp³-hybridized carbons (Fsp3) is 0.435. The molecule has 10 heteroatoms. The maximum atomic E-state index is 13.5. The van der Waals surface area contributed by atoms with Crippen molar-refractivity contribution in [3.05, 3.63) is 41.6 Å². The van der Waals surface area contributed by atoms with Crippen molar-refractivity contribution in [2.75, 3.05) is 44.0 Å². The van der Waals surface area contributed by atoms with Crippen LogP contribution in [0.1, 0.15) is 24.0 Å². The minimum Gasteiger partial charge on any atom is -0.495 e. The Balaban J connectivity index is 1.43. The Labute approximate surface area is 189 Å². The van der Waals surface area contributed by atoms with Crippen molar-refractivity contribution in [3.63, 3.8) is 0 Å². The first-order valence-corrected chi connectivity index (χ1v) is 11.0. The molecule has 3 N–H and O–H groups in total. The fourth-order valence-corrected chi connectivity index (χ4v) is 4.08. The third-order valence-corrected chi connectivity index (χ3v) is 5.92. The van der Waals surface area contributed by atoms with E-state index in [0.717, 1.165) is 57.4 Å². The average molecular weight is 461 g/mol. The zero-order chi connectivity index (χ0) is 23.0. The Morgan fingerprint density at radius 1 is 1.18 bits per heavy atom. The molecule has 7 nitrogen and oxygen atoms in total. The molecule has 0 amide bonds. The van der Waals surface area contributed by atoms with Gasteiger partial charge in [0, 0.05) is 43.6 Å². The van der Waals surface area contributed by atoms with Crippen LogP contribution < -0.4 is 15.4 Å². The lowest BCUT2D eigenvalue weighted by Crippen LogP contribution is -2.35. The monoisotopic (exact) mass is 461 g/mol. The summed E-state index contributed by atoms with van der Waals surface area (Å²) in [5.74, 6) is 1.07. The van der Waals surface area contributed by atoms with E-state index in [2.05, 4.69) is 25.5 Å². The quantitative estimate of drug-likeness (QED) is 0.472. The van der Waals surface area contributed by atoms with Gasteiger partial charge < -0.3 is 25.1 Å². The SMILES string of the molecule is COc1cc(CN2CCOCC2)ccc1Nc1cc(NC2CC2)c2c(C(F)(F)F)c[nH]c2n1. The molecule has 1 aliphatic carbocycles. The molecule has 0 spiro atoms. The largest absolute Gasteiger partial charge is 0.495 e. The van der Waals surface area contributed by atoms with Crippen molar-refractivity contribution in [3.8, 4) is 5.75 Å². The van der Waals surface area contributed by atoms with Crippen LogP contribution in [0.25, 0.3) is 11.0 Å². The van der Waals surface area contributed by atoms with E-state index in [9.17, 15) is 13.2 Å². The zero-order valence-electron chi connectivity index (χ0n) is 18.3. The highest BCUT2D eigenvalue weighted by Crippen LogP contribution is 2.41. The number of nitrogens with zero attached hydrogens (tertiary/aromatic N) is 2. The van der Waals surface area contributed by atoms with Gasteiger partial charge in [0.05, 0.1) is 37.0 Å². The minimum atomic E-state index is -4.46. The second-order valence-electron chi connectivity index (χ2n) is 8.45. The van der Waals surface area contributed by atoms with Crippen LogP contribution >= 0.6 is 0 Å². The second-order valence-corrected chi connectivity index (χ2v) is 8.45. The second kappa shape index (κ2) is 8.75. The summed E-state index contributed by atoms with van der Waals surface area (Å²) in [7, 11) is 1.59. The number of hydrogen-bond acceptors (Lipinski definition) is 6. The summed E-state index contributed by atoms with van der Waals surface area (Å²) in [6.07, 6.45) is -1.61. The molecular formula is C23H26F3N5O2. The summed E-state index contributed by atoms with van der Waals surface area (Å²) in [4.78, 5) is 9.40. The molecule has 2 aliphatic rings. The van der Waals surface area contributed by atoms with Gasteiger partial charge in [0.15, 0.2) is 0 Å². The number of morpholine rings is 1. The fourth-order valence-electron chi connectivity index (χ4n) is 4.08. The van der Waals surface area contributed by atoms with Gasteiger partial charge in [-0.15, -0.1) is 0 Å². The van der Waals surface area contributed by atoms with Crippen LogP contribution in [0.15, 0.2) is 30.5 Å². The molecular weight excluding hydrogens is 435 g/mol. The molecule has 1 saturated carbocycles. The van der Waals surface area contributed by atoms with Crippen molar-refractivity contribution >= 4 is 28.2 Å². The van der Waals surface area contributed by atoms with E-state index in [1.54, 1.807) is 13.2 Å². The standard InChI is InChI=1S/C23H26F3N5O2/c1-32-19-10-14(13-31-6-8-33-9-7-31)2-5-17(19)29-20-11-18(28-15-3-4-15)21-16(23(24,25)26)12-27-22(21)30-20/h2,5,10-12,15H,3-4,6-9,13H2,1H3,(H3,27,28,29,30). The lowest BCUT2D eigenvalue weighted by atomic mass is 10.1. The Morgan fingerprint density at radius 2 is 1.97 bits per heavy atom. The Bertz CT molecular complexity index is 1140. The Morgan fingerprint density at radius 3 is 2.67 bits per heavy atom. The molecule has 1 aromatic carbocycles. The molecule has 176 valence electrons. The van der Waals surface area contributed by atoms with Crippen LogP contribution in [-0.2, 0) is 17.5 Å². The number of anilines is 3. The maximum Gasteiger partial charge on any atom is 0.418 e. The molecule has 5 rings (SSSR count). The predicted molar refractivity (Wildman–Crippen MR) is 120 cm³/mol. The number of aromatic amines is 1. The smallest absolute Gasteiger partial charge is 0.418 e. The van der Waals surface area contributed by atoms with Crippen LogP contribution in [0.4, 0.5) is 30.4 Å². The molecule has 0 bridgehead atoms. The molecule has 1 saturated heterocycles. The lowest BCUT2D eigenvalue weighted by Gasteiger charge is -2.26. The minimum absolute atomic E-state index is 0.0628. The van der Waals surface area contributed by atoms with E-state index >= 15 is 0 Å². The highest BCUT2D eigenvalue weighted by Gasteiger charge is 2.36. The van der Waals surface area contributed by atoms with Gasteiger partial charge >= 0.3 is 6.18 Å². The Hall–Kier alpha value is -2.98. The van der Waals surface area contributed by atoms with E-state index in [-0.39, 0.29) is 17.1 Å². The molecule has 2 aromatic heterocycles. The first kappa shape index (κ1) is 21.8. The van der Waals surface area contributed by atoms with Gasteiger partial charge in [-0.3, -0.25) is 4.90 Å². The van der Waals surface area contributed by atoms with E-state index in [1.807, 2.05) is 18.2 Å². The number of halogens is 3. The Kier molecular flexibility index (Phi) is 5.79. The molecule has 3 heterocycles. The number of rotatable bonds is 7. The van der Waals surface area contributed by atoms with Crippen molar-refractivity contribution < 1.29 is 22.6 Å². The summed E-state index contributed by atoms with van der Waals surface area (Å²) < 4.78 is 51.5. The molecule has 2 fully saturated rings. The predicted octanol–water partition coefficient (Wildman–Crippen LogP) is 4.74. The van der Waals surface area contributed by atoms with Crippen LogP contribution in [-0.4, -0.2) is 54.3 Å². The lowest BCUT2D eigenvalue weighted by molar-refractivity contribution is -0.136. The van der Waals surface area contributed by atoms with Gasteiger partial charge in [-0.2, -0.15) is 13.2 Å². The normalized spacial score (nSPS) is 17.3. The number of ether oxygens (including phenoxy) is 2. The summed E-state index contributed by atoms with van der Waals surface area (Å²) in [5.41, 5.74) is 1.68. The van der Waals surface area contributed by atoms with E-state index in [0.29, 0.717) is 22.9 Å². The summed E-state index contributed by atoms with van der Waals surface area (Å²) >= 11 is 0. The first-order valence-electron chi connectivity index (χ1n) is 11.0. The molecule has 3 aromatic rings. The number of alkyl halides is 3. The van der Waals surface area contributed by atoms with Crippen molar-refractivity contribution in [2.45, 2.75) is 31.6 Å². The van der Waals surface area contributed by atoms with Gasteiger partial charge in [0.1, 0.15) is 17.2 Å². The molecule has 0 unspecified atom stereocenters.